The van der Waals surface area contributed by atoms with Gasteiger partial charge in [0.1, 0.15) is 5.82 Å². The van der Waals surface area contributed by atoms with Gasteiger partial charge >= 0.3 is 6.18 Å². The highest BCUT2D eigenvalue weighted by molar-refractivity contribution is 6.32. The van der Waals surface area contributed by atoms with Crippen LogP contribution in [0.2, 0.25) is 5.02 Å². The number of amides is 1. The molecular formula is C18H19ClF3N3O. The van der Waals surface area contributed by atoms with Crippen LogP contribution in [0.25, 0.3) is 0 Å². The number of benzene rings is 1. The Morgan fingerprint density at radius 2 is 1.88 bits per heavy atom. The molecule has 0 aliphatic rings. The van der Waals surface area contributed by atoms with Crippen LogP contribution in [0, 0.1) is 0 Å². The second-order valence-corrected chi connectivity index (χ2v) is 6.08. The van der Waals surface area contributed by atoms with Gasteiger partial charge < -0.3 is 10.6 Å². The molecule has 0 fully saturated rings. The van der Waals surface area contributed by atoms with E-state index in [4.69, 9.17) is 11.6 Å². The van der Waals surface area contributed by atoms with Crippen LogP contribution < -0.4 is 10.6 Å². The molecule has 2 aromatic rings. The molecule has 1 aromatic heterocycles. The van der Waals surface area contributed by atoms with Gasteiger partial charge in [0, 0.05) is 25.7 Å². The van der Waals surface area contributed by atoms with Gasteiger partial charge in [-0.2, -0.15) is 13.2 Å². The van der Waals surface area contributed by atoms with Gasteiger partial charge in [0.05, 0.1) is 10.6 Å². The Balaban J connectivity index is 1.66. The highest BCUT2D eigenvalue weighted by atomic mass is 35.5. The monoisotopic (exact) mass is 385 g/mol. The Kier molecular flexibility index (Phi) is 7.26. The molecule has 0 saturated heterocycles. The zero-order valence-corrected chi connectivity index (χ0v) is 14.7. The van der Waals surface area contributed by atoms with Crippen LogP contribution in [-0.2, 0) is 17.4 Å². The predicted octanol–water partition coefficient (Wildman–Crippen LogP) is 4.30. The van der Waals surface area contributed by atoms with Gasteiger partial charge in [-0.05, 0) is 24.5 Å². The van der Waals surface area contributed by atoms with Gasteiger partial charge in [-0.15, -0.1) is 0 Å². The summed E-state index contributed by atoms with van der Waals surface area (Å²) in [4.78, 5) is 15.4. The van der Waals surface area contributed by atoms with E-state index in [-0.39, 0.29) is 16.7 Å². The van der Waals surface area contributed by atoms with Gasteiger partial charge in [-0.3, -0.25) is 4.79 Å². The first-order valence-electron chi connectivity index (χ1n) is 8.13. The van der Waals surface area contributed by atoms with Gasteiger partial charge in [-0.1, -0.05) is 41.9 Å². The highest BCUT2D eigenvalue weighted by Crippen LogP contribution is 2.32. The first kappa shape index (κ1) is 20.0. The first-order chi connectivity index (χ1) is 12.4. The Labute approximate surface area is 154 Å². The minimum atomic E-state index is -4.48. The summed E-state index contributed by atoms with van der Waals surface area (Å²) in [5.41, 5.74) is 0.282. The van der Waals surface area contributed by atoms with Crippen molar-refractivity contribution in [3.05, 3.63) is 58.7 Å². The molecule has 1 aromatic carbocycles. The summed E-state index contributed by atoms with van der Waals surface area (Å²) in [5.74, 6) is 0.0761. The van der Waals surface area contributed by atoms with Gasteiger partial charge in [0.2, 0.25) is 5.91 Å². The smallest absolute Gasteiger partial charge is 0.367 e. The first-order valence-corrected chi connectivity index (χ1v) is 8.51. The number of nitrogens with one attached hydrogen (secondary N) is 2. The minimum absolute atomic E-state index is 0.0748. The topological polar surface area (TPSA) is 54.0 Å². The van der Waals surface area contributed by atoms with Crippen LogP contribution in [0.5, 0.6) is 0 Å². The number of halogens is 4. The zero-order chi connectivity index (χ0) is 19.0. The largest absolute Gasteiger partial charge is 0.417 e. The molecule has 0 radical (unpaired) electrons. The number of carbonyl (C=O) groups is 1. The summed E-state index contributed by atoms with van der Waals surface area (Å²) >= 11 is 5.79. The molecule has 0 bridgehead atoms. The fraction of sp³-hybridized carbons (Fsp3) is 0.333. The summed E-state index contributed by atoms with van der Waals surface area (Å²) in [6.45, 7) is 0.631. The third-order valence-electron chi connectivity index (χ3n) is 3.62. The number of pyridine rings is 1. The summed E-state index contributed by atoms with van der Waals surface area (Å²) in [7, 11) is 0. The molecule has 1 heterocycles. The van der Waals surface area contributed by atoms with Crippen LogP contribution in [0.1, 0.15) is 24.0 Å². The van der Waals surface area contributed by atoms with Crippen molar-refractivity contribution in [1.82, 2.24) is 10.3 Å². The molecule has 26 heavy (non-hydrogen) atoms. The number of nitrogens with zero attached hydrogens (tertiary/aromatic N) is 1. The van der Waals surface area contributed by atoms with Crippen LogP contribution in [0.3, 0.4) is 0 Å². The molecule has 1 amide bonds. The van der Waals surface area contributed by atoms with E-state index >= 15 is 0 Å². The van der Waals surface area contributed by atoms with E-state index in [1.165, 1.54) is 5.56 Å². The van der Waals surface area contributed by atoms with Crippen molar-refractivity contribution in [3.8, 4) is 0 Å². The number of aromatic nitrogens is 1. The summed E-state index contributed by atoms with van der Waals surface area (Å²) in [6.07, 6.45) is -1.78. The van der Waals surface area contributed by atoms with Gasteiger partial charge in [0.25, 0.3) is 0 Å². The lowest BCUT2D eigenvalue weighted by atomic mass is 10.1. The van der Waals surface area contributed by atoms with Crippen LogP contribution >= 0.6 is 11.6 Å². The average Bonchev–Trinajstić information content (AvgIpc) is 2.60. The average molecular weight is 386 g/mol. The summed E-state index contributed by atoms with van der Waals surface area (Å²) < 4.78 is 37.6. The zero-order valence-electron chi connectivity index (χ0n) is 13.9. The van der Waals surface area contributed by atoms with E-state index in [1.807, 2.05) is 30.3 Å². The fourth-order valence-electron chi connectivity index (χ4n) is 2.29. The molecule has 4 nitrogen and oxygen atoms in total. The summed E-state index contributed by atoms with van der Waals surface area (Å²) in [5, 5.41) is 5.43. The lowest BCUT2D eigenvalue weighted by molar-refractivity contribution is -0.137. The van der Waals surface area contributed by atoms with Crippen LogP contribution in [0.15, 0.2) is 42.6 Å². The molecule has 140 valence electrons. The normalized spacial score (nSPS) is 11.2. The Morgan fingerprint density at radius 1 is 1.15 bits per heavy atom. The maximum absolute atomic E-state index is 12.5. The molecular weight excluding hydrogens is 367 g/mol. The third-order valence-corrected chi connectivity index (χ3v) is 3.91. The Bertz CT molecular complexity index is 723. The lowest BCUT2D eigenvalue weighted by Crippen LogP contribution is -2.28. The van der Waals surface area contributed by atoms with E-state index in [0.717, 1.165) is 25.1 Å². The van der Waals surface area contributed by atoms with Crippen molar-refractivity contribution < 1.29 is 18.0 Å². The number of hydrogen-bond acceptors (Lipinski definition) is 3. The van der Waals surface area contributed by atoms with E-state index in [0.29, 0.717) is 19.5 Å². The lowest BCUT2D eigenvalue weighted by Gasteiger charge is -2.11. The van der Waals surface area contributed by atoms with Crippen molar-refractivity contribution in [2.45, 2.75) is 25.4 Å². The highest BCUT2D eigenvalue weighted by Gasteiger charge is 2.31. The fourth-order valence-corrected chi connectivity index (χ4v) is 2.53. The Morgan fingerprint density at radius 3 is 2.54 bits per heavy atom. The standard InChI is InChI=1S/C18H19ClF3N3O/c19-15-11-14(18(20,21)22)12-25-17(15)24-10-9-23-16(26)8-4-7-13-5-2-1-3-6-13/h1-3,5-6,11-12H,4,7-10H2,(H,23,26)(H,24,25). The van der Waals surface area contributed by atoms with Crippen LogP contribution in [0.4, 0.5) is 19.0 Å². The second kappa shape index (κ2) is 9.43. The molecule has 0 spiro atoms. The molecule has 2 rings (SSSR count). The number of anilines is 1. The molecule has 0 aliphatic heterocycles. The number of aryl methyl sites for hydroxylation is 1. The SMILES string of the molecule is O=C(CCCc1ccccc1)NCCNc1ncc(C(F)(F)F)cc1Cl. The van der Waals surface area contributed by atoms with E-state index in [2.05, 4.69) is 15.6 Å². The number of alkyl halides is 3. The maximum atomic E-state index is 12.5. The van der Waals surface area contributed by atoms with Crippen molar-refractivity contribution >= 4 is 23.3 Å². The van der Waals surface area contributed by atoms with Crippen molar-refractivity contribution in [2.24, 2.45) is 0 Å². The summed E-state index contributed by atoms with van der Waals surface area (Å²) in [6, 6.07) is 10.7. The van der Waals surface area contributed by atoms with Gasteiger partial charge in [-0.25, -0.2) is 4.98 Å². The van der Waals surface area contributed by atoms with Crippen molar-refractivity contribution in [1.29, 1.82) is 0 Å². The van der Waals surface area contributed by atoms with Crippen molar-refractivity contribution in [3.63, 3.8) is 0 Å². The predicted molar refractivity (Wildman–Crippen MR) is 95.1 cm³/mol. The molecule has 8 heteroatoms. The van der Waals surface area contributed by atoms with Gasteiger partial charge in [0.15, 0.2) is 0 Å². The molecule has 0 atom stereocenters. The maximum Gasteiger partial charge on any atom is 0.417 e. The Hall–Kier alpha value is -2.28. The molecule has 0 saturated carbocycles. The second-order valence-electron chi connectivity index (χ2n) is 5.67. The number of rotatable bonds is 8. The van der Waals surface area contributed by atoms with E-state index in [9.17, 15) is 18.0 Å². The van der Waals surface area contributed by atoms with E-state index < -0.39 is 11.7 Å². The van der Waals surface area contributed by atoms with E-state index in [1.54, 1.807) is 0 Å². The minimum Gasteiger partial charge on any atom is -0.367 e. The van der Waals surface area contributed by atoms with Crippen LogP contribution in [-0.4, -0.2) is 24.0 Å². The molecule has 0 unspecified atom stereocenters. The number of carbonyl (C=O) groups excluding carboxylic acids is 1. The molecule has 0 aliphatic carbocycles. The third kappa shape index (κ3) is 6.55. The molecule has 2 N–H and O–H groups in total. The number of hydrogen-bond donors (Lipinski definition) is 2. The quantitative estimate of drug-likeness (QED) is 0.666. The van der Waals surface area contributed by atoms with Crippen molar-refractivity contribution in [2.75, 3.05) is 18.4 Å².